The minimum absolute atomic E-state index is 0.126. The van der Waals surface area contributed by atoms with Crippen LogP contribution in [0, 0.1) is 11.3 Å². The fourth-order valence-electron chi connectivity index (χ4n) is 8.41. The molecule has 0 saturated heterocycles. The van der Waals surface area contributed by atoms with E-state index in [1.54, 1.807) is 0 Å². The SMILES string of the molecule is CC1(C)c2ccc(C#N)cc2-c2cc(-c3cccc(-c4ccc(-c5nc(-c6ccccc6)nc(-c6cc(-c7ccccc7)cc(-c7ccccc7)c6)n5)cc4)c3)ccc21. The number of aromatic nitrogens is 3. The normalized spacial score (nSPS) is 12.4. The second-order valence-corrected chi connectivity index (χ2v) is 15.6. The van der Waals surface area contributed by atoms with Crippen LogP contribution in [0.25, 0.3) is 89.8 Å². The first-order valence-corrected chi connectivity index (χ1v) is 19.9. The summed E-state index contributed by atoms with van der Waals surface area (Å²) < 4.78 is 0. The van der Waals surface area contributed by atoms with Gasteiger partial charge >= 0.3 is 0 Å². The topological polar surface area (TPSA) is 62.5 Å². The minimum atomic E-state index is -0.126. The van der Waals surface area contributed by atoms with Crippen molar-refractivity contribution in [2.24, 2.45) is 0 Å². The maximum absolute atomic E-state index is 9.65. The molecule has 0 radical (unpaired) electrons. The monoisotopic (exact) mass is 754 g/mol. The number of fused-ring (bicyclic) bond motifs is 3. The zero-order valence-electron chi connectivity index (χ0n) is 32.8. The van der Waals surface area contributed by atoms with Crippen LogP contribution in [0.15, 0.2) is 194 Å². The summed E-state index contributed by atoms with van der Waals surface area (Å²) in [5.74, 6) is 1.85. The van der Waals surface area contributed by atoms with Crippen LogP contribution in [0.2, 0.25) is 0 Å². The Balaban J connectivity index is 1.02. The average molecular weight is 755 g/mol. The highest BCUT2D eigenvalue weighted by molar-refractivity contribution is 5.86. The van der Waals surface area contributed by atoms with Crippen LogP contribution >= 0.6 is 0 Å². The van der Waals surface area contributed by atoms with Crippen molar-refractivity contribution in [1.82, 2.24) is 15.0 Å². The highest BCUT2D eigenvalue weighted by atomic mass is 15.0. The lowest BCUT2D eigenvalue weighted by molar-refractivity contribution is 0.660. The fourth-order valence-corrected chi connectivity index (χ4v) is 8.41. The first-order valence-electron chi connectivity index (χ1n) is 19.9. The van der Waals surface area contributed by atoms with Crippen LogP contribution in [0.1, 0.15) is 30.5 Å². The summed E-state index contributed by atoms with van der Waals surface area (Å²) in [5.41, 5.74) is 17.2. The van der Waals surface area contributed by atoms with Gasteiger partial charge in [0.2, 0.25) is 0 Å². The largest absolute Gasteiger partial charge is 0.208 e. The summed E-state index contributed by atoms with van der Waals surface area (Å²) in [4.78, 5) is 15.3. The molecule has 9 aromatic rings. The van der Waals surface area contributed by atoms with Gasteiger partial charge < -0.3 is 0 Å². The predicted molar refractivity (Wildman–Crippen MR) is 240 cm³/mol. The van der Waals surface area contributed by atoms with Gasteiger partial charge in [0.25, 0.3) is 0 Å². The van der Waals surface area contributed by atoms with E-state index >= 15 is 0 Å². The smallest absolute Gasteiger partial charge is 0.164 e. The molecular weight excluding hydrogens is 717 g/mol. The van der Waals surface area contributed by atoms with Crippen molar-refractivity contribution in [3.63, 3.8) is 0 Å². The van der Waals surface area contributed by atoms with E-state index in [0.717, 1.165) is 66.8 Å². The molecule has 0 aliphatic heterocycles. The van der Waals surface area contributed by atoms with Crippen LogP contribution in [0.5, 0.6) is 0 Å². The number of nitriles is 1. The second kappa shape index (κ2) is 14.6. The second-order valence-electron chi connectivity index (χ2n) is 15.6. The van der Waals surface area contributed by atoms with E-state index in [1.165, 1.54) is 16.7 Å². The molecule has 1 heterocycles. The lowest BCUT2D eigenvalue weighted by Gasteiger charge is -2.21. The van der Waals surface area contributed by atoms with Gasteiger partial charge in [-0.3, -0.25) is 0 Å². The van der Waals surface area contributed by atoms with Crippen LogP contribution in [-0.4, -0.2) is 15.0 Å². The average Bonchev–Trinajstić information content (AvgIpc) is 3.54. The molecule has 0 atom stereocenters. The number of hydrogen-bond acceptors (Lipinski definition) is 4. The summed E-state index contributed by atoms with van der Waals surface area (Å²) in [7, 11) is 0. The Hall–Kier alpha value is -7.74. The van der Waals surface area contributed by atoms with Crippen LogP contribution in [0.3, 0.4) is 0 Å². The molecular formula is C55H38N4. The van der Waals surface area contributed by atoms with Crippen LogP contribution in [0.4, 0.5) is 0 Å². The standard InChI is InChI=1S/C55H38N4/c1-55(2)50-27-21-36(35-56)29-48(50)49-34-44(26-28-51(49)55)43-20-12-19-42(30-43)39-22-24-41(25-23-39)53-57-52(40-17-10-5-11-18-40)58-54(59-53)47-32-45(37-13-6-3-7-14-37)31-46(33-47)38-15-8-4-9-16-38/h3-34H,1-2H3. The molecule has 10 rings (SSSR count). The van der Waals surface area contributed by atoms with Gasteiger partial charge in [0.1, 0.15) is 0 Å². The molecule has 4 nitrogen and oxygen atoms in total. The van der Waals surface area contributed by atoms with Gasteiger partial charge in [0.05, 0.1) is 11.6 Å². The number of rotatable bonds is 7. The molecule has 0 saturated carbocycles. The Kier molecular flexibility index (Phi) is 8.85. The van der Waals surface area contributed by atoms with Crippen molar-refractivity contribution in [2.75, 3.05) is 0 Å². The van der Waals surface area contributed by atoms with Crippen LogP contribution in [-0.2, 0) is 5.41 Å². The minimum Gasteiger partial charge on any atom is -0.208 e. The van der Waals surface area contributed by atoms with Gasteiger partial charge in [-0.25, -0.2) is 15.0 Å². The van der Waals surface area contributed by atoms with Gasteiger partial charge in [-0.15, -0.1) is 0 Å². The van der Waals surface area contributed by atoms with E-state index in [2.05, 4.69) is 159 Å². The number of hydrogen-bond donors (Lipinski definition) is 0. The summed E-state index contributed by atoms with van der Waals surface area (Å²) in [5, 5.41) is 9.65. The third-order valence-electron chi connectivity index (χ3n) is 11.6. The Morgan fingerprint density at radius 3 is 1.29 bits per heavy atom. The van der Waals surface area contributed by atoms with Crippen molar-refractivity contribution in [3.8, 4) is 95.9 Å². The summed E-state index contributed by atoms with van der Waals surface area (Å²) in [6.07, 6.45) is 0. The molecule has 0 fully saturated rings. The zero-order chi connectivity index (χ0) is 39.9. The van der Waals surface area contributed by atoms with Gasteiger partial charge in [0, 0.05) is 22.1 Å². The summed E-state index contributed by atoms with van der Waals surface area (Å²) in [6, 6.07) is 70.0. The molecule has 59 heavy (non-hydrogen) atoms. The Morgan fingerprint density at radius 2 is 0.712 bits per heavy atom. The van der Waals surface area contributed by atoms with Crippen molar-refractivity contribution >= 4 is 0 Å². The fraction of sp³-hybridized carbons (Fsp3) is 0.0545. The van der Waals surface area contributed by atoms with E-state index < -0.39 is 0 Å². The first kappa shape index (κ1) is 35.7. The zero-order valence-corrected chi connectivity index (χ0v) is 32.8. The Morgan fingerprint density at radius 1 is 0.339 bits per heavy atom. The van der Waals surface area contributed by atoms with Crippen LogP contribution < -0.4 is 0 Å². The molecule has 0 spiro atoms. The van der Waals surface area contributed by atoms with E-state index in [0.29, 0.717) is 23.0 Å². The quantitative estimate of drug-likeness (QED) is 0.163. The van der Waals surface area contributed by atoms with E-state index in [1.807, 2.05) is 54.6 Å². The molecule has 1 aliphatic rings. The molecule has 8 aromatic carbocycles. The third-order valence-corrected chi connectivity index (χ3v) is 11.6. The van der Waals surface area contributed by atoms with Gasteiger partial charge in [-0.05, 0) is 109 Å². The maximum atomic E-state index is 9.65. The van der Waals surface area contributed by atoms with Crippen molar-refractivity contribution in [2.45, 2.75) is 19.3 Å². The van der Waals surface area contributed by atoms with E-state index in [4.69, 9.17) is 15.0 Å². The van der Waals surface area contributed by atoms with Crippen molar-refractivity contribution in [1.29, 1.82) is 5.26 Å². The Labute approximate surface area is 344 Å². The predicted octanol–water partition coefficient (Wildman–Crippen LogP) is 13.7. The van der Waals surface area contributed by atoms with Gasteiger partial charge in [0.15, 0.2) is 17.5 Å². The van der Waals surface area contributed by atoms with E-state index in [9.17, 15) is 5.26 Å². The third kappa shape index (κ3) is 6.69. The Bertz CT molecular complexity index is 3000. The number of benzene rings is 8. The maximum Gasteiger partial charge on any atom is 0.164 e. The molecule has 1 aromatic heterocycles. The van der Waals surface area contributed by atoms with Gasteiger partial charge in [-0.1, -0.05) is 166 Å². The molecule has 0 unspecified atom stereocenters. The molecule has 4 heteroatoms. The summed E-state index contributed by atoms with van der Waals surface area (Å²) in [6.45, 7) is 4.53. The van der Waals surface area contributed by atoms with E-state index in [-0.39, 0.29) is 5.41 Å². The molecule has 0 amide bonds. The molecule has 1 aliphatic carbocycles. The lowest BCUT2D eigenvalue weighted by atomic mass is 9.82. The number of nitrogens with zero attached hydrogens (tertiary/aromatic N) is 4. The van der Waals surface area contributed by atoms with Crippen molar-refractivity contribution in [3.05, 3.63) is 211 Å². The highest BCUT2D eigenvalue weighted by Crippen LogP contribution is 2.50. The first-order chi connectivity index (χ1) is 28.9. The molecule has 0 bridgehead atoms. The van der Waals surface area contributed by atoms with Gasteiger partial charge in [-0.2, -0.15) is 5.26 Å². The highest BCUT2D eigenvalue weighted by Gasteiger charge is 2.35. The van der Waals surface area contributed by atoms with Crippen molar-refractivity contribution < 1.29 is 0 Å². The lowest BCUT2D eigenvalue weighted by Crippen LogP contribution is -2.14. The molecule has 278 valence electrons. The summed E-state index contributed by atoms with van der Waals surface area (Å²) >= 11 is 0. The molecule has 0 N–H and O–H groups in total.